The number of sulfonamides is 1. The van der Waals surface area contributed by atoms with Crippen LogP contribution in [-0.2, 0) is 20.5 Å². The van der Waals surface area contributed by atoms with Gasteiger partial charge < -0.3 is 10.5 Å². The van der Waals surface area contributed by atoms with Gasteiger partial charge in [-0.2, -0.15) is 0 Å². The standard InChI is InChI=1S/C15H22N2O4S.ClH/c1-21-14(18)13-6-4-5-12(9-13)10-22(19,20)17-15(11-16)7-2-3-8-15;/h4-6,9,17H,2-3,7-8,10-11,16H2,1H3;1H. The number of hydrogen-bond donors (Lipinski definition) is 2. The minimum Gasteiger partial charge on any atom is -0.465 e. The second-order valence-electron chi connectivity index (χ2n) is 5.74. The van der Waals surface area contributed by atoms with E-state index in [1.54, 1.807) is 18.2 Å². The number of rotatable bonds is 6. The van der Waals surface area contributed by atoms with Gasteiger partial charge in [0.05, 0.1) is 18.4 Å². The van der Waals surface area contributed by atoms with Crippen LogP contribution in [0.2, 0.25) is 0 Å². The van der Waals surface area contributed by atoms with E-state index in [-0.39, 0.29) is 18.2 Å². The van der Waals surface area contributed by atoms with Crippen molar-refractivity contribution in [2.24, 2.45) is 5.73 Å². The topological polar surface area (TPSA) is 98.5 Å². The van der Waals surface area contributed by atoms with Crippen molar-refractivity contribution in [3.8, 4) is 0 Å². The highest BCUT2D eigenvalue weighted by atomic mass is 35.5. The van der Waals surface area contributed by atoms with Gasteiger partial charge in [0.15, 0.2) is 0 Å². The van der Waals surface area contributed by atoms with E-state index >= 15 is 0 Å². The molecule has 130 valence electrons. The normalized spacial score (nSPS) is 16.6. The second-order valence-corrected chi connectivity index (χ2v) is 7.47. The molecule has 23 heavy (non-hydrogen) atoms. The van der Waals surface area contributed by atoms with E-state index in [2.05, 4.69) is 9.46 Å². The maximum Gasteiger partial charge on any atom is 0.337 e. The van der Waals surface area contributed by atoms with Gasteiger partial charge in [0.1, 0.15) is 0 Å². The zero-order valence-electron chi connectivity index (χ0n) is 13.1. The molecule has 1 aromatic rings. The Morgan fingerprint density at radius 1 is 1.35 bits per heavy atom. The molecule has 0 aromatic heterocycles. The van der Waals surface area contributed by atoms with Crippen molar-refractivity contribution in [2.75, 3.05) is 13.7 Å². The van der Waals surface area contributed by atoms with E-state index in [4.69, 9.17) is 5.73 Å². The van der Waals surface area contributed by atoms with Crippen LogP contribution >= 0.6 is 12.4 Å². The van der Waals surface area contributed by atoms with Crippen LogP contribution in [0.5, 0.6) is 0 Å². The second kappa shape index (κ2) is 8.10. The Labute approximate surface area is 143 Å². The van der Waals surface area contributed by atoms with Crippen molar-refractivity contribution >= 4 is 28.4 Å². The fourth-order valence-electron chi connectivity index (χ4n) is 2.89. The first-order valence-corrected chi connectivity index (χ1v) is 8.94. The first kappa shape index (κ1) is 19.9. The molecule has 1 aliphatic carbocycles. The molecule has 1 saturated carbocycles. The number of hydrogen-bond acceptors (Lipinski definition) is 5. The minimum atomic E-state index is -3.52. The van der Waals surface area contributed by atoms with Gasteiger partial charge in [0, 0.05) is 12.1 Å². The molecule has 0 unspecified atom stereocenters. The Bertz CT molecular complexity index is 643. The number of esters is 1. The van der Waals surface area contributed by atoms with Crippen molar-refractivity contribution in [3.63, 3.8) is 0 Å². The van der Waals surface area contributed by atoms with Gasteiger partial charge in [-0.3, -0.25) is 0 Å². The molecule has 1 aliphatic rings. The van der Waals surface area contributed by atoms with Gasteiger partial charge >= 0.3 is 5.97 Å². The van der Waals surface area contributed by atoms with Gasteiger partial charge in [-0.25, -0.2) is 17.9 Å². The molecule has 6 nitrogen and oxygen atoms in total. The highest BCUT2D eigenvalue weighted by molar-refractivity contribution is 7.88. The van der Waals surface area contributed by atoms with Crippen LogP contribution in [0.3, 0.4) is 0 Å². The van der Waals surface area contributed by atoms with Crippen molar-refractivity contribution in [2.45, 2.75) is 37.0 Å². The molecule has 0 saturated heterocycles. The monoisotopic (exact) mass is 362 g/mol. The Kier molecular flexibility index (Phi) is 7.01. The molecule has 1 fully saturated rings. The molecule has 2 rings (SSSR count). The lowest BCUT2D eigenvalue weighted by molar-refractivity contribution is 0.0600. The van der Waals surface area contributed by atoms with E-state index in [1.807, 2.05) is 0 Å². The summed E-state index contributed by atoms with van der Waals surface area (Å²) in [5.41, 5.74) is 6.13. The van der Waals surface area contributed by atoms with E-state index in [0.29, 0.717) is 17.7 Å². The third kappa shape index (κ3) is 5.17. The number of methoxy groups -OCH3 is 1. The summed E-state index contributed by atoms with van der Waals surface area (Å²) in [6, 6.07) is 6.45. The lowest BCUT2D eigenvalue weighted by Gasteiger charge is -2.28. The number of halogens is 1. The van der Waals surface area contributed by atoms with Crippen molar-refractivity contribution in [3.05, 3.63) is 35.4 Å². The fourth-order valence-corrected chi connectivity index (χ4v) is 4.53. The maximum atomic E-state index is 12.4. The van der Waals surface area contributed by atoms with Crippen LogP contribution in [0.25, 0.3) is 0 Å². The molecular weight excluding hydrogens is 340 g/mol. The molecule has 0 aliphatic heterocycles. The quantitative estimate of drug-likeness (QED) is 0.749. The molecule has 0 bridgehead atoms. The smallest absolute Gasteiger partial charge is 0.337 e. The summed E-state index contributed by atoms with van der Waals surface area (Å²) in [5, 5.41) is 0. The van der Waals surface area contributed by atoms with Crippen molar-refractivity contribution in [1.29, 1.82) is 0 Å². The van der Waals surface area contributed by atoms with E-state index in [9.17, 15) is 13.2 Å². The first-order valence-electron chi connectivity index (χ1n) is 7.29. The van der Waals surface area contributed by atoms with Crippen molar-refractivity contribution < 1.29 is 17.9 Å². The number of benzene rings is 1. The van der Waals surface area contributed by atoms with E-state index < -0.39 is 21.5 Å². The van der Waals surface area contributed by atoms with Crippen molar-refractivity contribution in [1.82, 2.24) is 4.72 Å². The summed E-state index contributed by atoms with van der Waals surface area (Å²) >= 11 is 0. The summed E-state index contributed by atoms with van der Waals surface area (Å²) < 4.78 is 32.2. The van der Waals surface area contributed by atoms with Gasteiger partial charge in [0.25, 0.3) is 0 Å². The highest BCUT2D eigenvalue weighted by Crippen LogP contribution is 2.29. The van der Waals surface area contributed by atoms with Gasteiger partial charge in [-0.1, -0.05) is 25.0 Å². The molecule has 8 heteroatoms. The van der Waals surface area contributed by atoms with Gasteiger partial charge in [-0.15, -0.1) is 12.4 Å². The van der Waals surface area contributed by atoms with Crippen LogP contribution < -0.4 is 10.5 Å². The SMILES string of the molecule is COC(=O)c1cccc(CS(=O)(=O)NC2(CN)CCCC2)c1.Cl. The Hall–Kier alpha value is -1.15. The molecular formula is C15H23ClN2O4S. The number of nitrogens with one attached hydrogen (secondary N) is 1. The summed E-state index contributed by atoms with van der Waals surface area (Å²) in [6.07, 6.45) is 3.50. The summed E-state index contributed by atoms with van der Waals surface area (Å²) in [5.74, 6) is -0.666. The zero-order valence-corrected chi connectivity index (χ0v) is 14.7. The molecule has 0 spiro atoms. The number of ether oxygens (including phenoxy) is 1. The Balaban J connectivity index is 0.00000264. The minimum absolute atomic E-state index is 0. The number of carbonyl (C=O) groups excluding carboxylic acids is 1. The number of nitrogens with two attached hydrogens (primary N) is 1. The third-order valence-corrected chi connectivity index (χ3v) is 5.49. The number of carbonyl (C=O) groups is 1. The average molecular weight is 363 g/mol. The lowest BCUT2D eigenvalue weighted by Crippen LogP contribution is -2.51. The van der Waals surface area contributed by atoms with Crippen LogP contribution in [0, 0.1) is 0 Å². The van der Waals surface area contributed by atoms with E-state index in [1.165, 1.54) is 13.2 Å². The molecule has 0 amide bonds. The maximum absolute atomic E-state index is 12.4. The summed E-state index contributed by atoms with van der Waals surface area (Å²) in [7, 11) is -2.23. The first-order chi connectivity index (χ1) is 10.4. The van der Waals surface area contributed by atoms with Gasteiger partial charge in [0.2, 0.25) is 10.0 Å². The van der Waals surface area contributed by atoms with Crippen LogP contribution in [0.1, 0.15) is 41.6 Å². The summed E-state index contributed by atoms with van der Waals surface area (Å²) in [6.45, 7) is 0.300. The summed E-state index contributed by atoms with van der Waals surface area (Å²) in [4.78, 5) is 11.5. The largest absolute Gasteiger partial charge is 0.465 e. The average Bonchev–Trinajstić information content (AvgIpc) is 2.94. The van der Waals surface area contributed by atoms with Crippen LogP contribution in [0.4, 0.5) is 0 Å². The third-order valence-electron chi connectivity index (χ3n) is 4.03. The Morgan fingerprint density at radius 3 is 2.57 bits per heavy atom. The Morgan fingerprint density at radius 2 is 2.00 bits per heavy atom. The zero-order chi connectivity index (χ0) is 16.2. The molecule has 1 aromatic carbocycles. The lowest BCUT2D eigenvalue weighted by atomic mass is 10.0. The predicted molar refractivity (Wildman–Crippen MR) is 91.0 cm³/mol. The predicted octanol–water partition coefficient (Wildman–Crippen LogP) is 1.59. The van der Waals surface area contributed by atoms with Crippen LogP contribution in [0.15, 0.2) is 24.3 Å². The van der Waals surface area contributed by atoms with Crippen LogP contribution in [-0.4, -0.2) is 33.6 Å². The molecule has 0 atom stereocenters. The van der Waals surface area contributed by atoms with Gasteiger partial charge in [-0.05, 0) is 30.5 Å². The fraction of sp³-hybridized carbons (Fsp3) is 0.533. The highest BCUT2D eigenvalue weighted by Gasteiger charge is 2.36. The van der Waals surface area contributed by atoms with E-state index in [0.717, 1.165) is 25.7 Å². The molecule has 0 heterocycles. The molecule has 3 N–H and O–H groups in total. The molecule has 0 radical (unpaired) electrons.